The molecule has 39 heavy (non-hydrogen) atoms. The fourth-order valence-electron chi connectivity index (χ4n) is 5.50. The van der Waals surface area contributed by atoms with Crippen molar-refractivity contribution in [3.8, 4) is 22.3 Å². The number of hydrogen-bond acceptors (Lipinski definition) is 1. The summed E-state index contributed by atoms with van der Waals surface area (Å²) in [7, 11) is 0. The molecule has 0 atom stereocenters. The number of anilines is 3. The summed E-state index contributed by atoms with van der Waals surface area (Å²) >= 11 is 0. The van der Waals surface area contributed by atoms with Gasteiger partial charge in [0.15, 0.2) is 0 Å². The van der Waals surface area contributed by atoms with Crippen LogP contribution in [0, 0.1) is 0 Å². The van der Waals surface area contributed by atoms with Gasteiger partial charge in [-0.2, -0.15) is 0 Å². The van der Waals surface area contributed by atoms with E-state index < -0.39 is 0 Å². The highest BCUT2D eigenvalue weighted by Gasteiger charge is 2.19. The zero-order valence-electron chi connectivity index (χ0n) is 21.5. The summed E-state index contributed by atoms with van der Waals surface area (Å²) < 4.78 is 0. The third-order valence-corrected chi connectivity index (χ3v) is 7.43. The summed E-state index contributed by atoms with van der Waals surface area (Å²) in [6.07, 6.45) is 0. The second-order valence-electron chi connectivity index (χ2n) is 9.83. The molecule has 7 rings (SSSR count). The average molecular weight is 498 g/mol. The first-order chi connectivity index (χ1) is 19.3. The second-order valence-corrected chi connectivity index (χ2v) is 9.83. The van der Waals surface area contributed by atoms with Crippen LogP contribution in [0.15, 0.2) is 164 Å². The Bertz CT molecular complexity index is 1730. The molecule has 0 saturated heterocycles. The summed E-state index contributed by atoms with van der Waals surface area (Å²) in [5.41, 5.74) is 8.32. The predicted molar refractivity (Wildman–Crippen MR) is 167 cm³/mol. The Morgan fingerprint density at radius 3 is 1.10 bits per heavy atom. The minimum Gasteiger partial charge on any atom is -0.309 e. The number of benzene rings is 7. The van der Waals surface area contributed by atoms with Crippen LogP contribution in [-0.2, 0) is 0 Å². The van der Waals surface area contributed by atoms with Crippen LogP contribution in [0.3, 0.4) is 0 Å². The summed E-state index contributed by atoms with van der Waals surface area (Å²) in [6.45, 7) is 0. The molecular weight excluding hydrogens is 470 g/mol. The van der Waals surface area contributed by atoms with Gasteiger partial charge in [0.25, 0.3) is 0 Å². The first-order valence-corrected chi connectivity index (χ1v) is 13.4. The van der Waals surface area contributed by atoms with E-state index in [9.17, 15) is 0 Å². The van der Waals surface area contributed by atoms with Crippen molar-refractivity contribution in [3.63, 3.8) is 0 Å². The van der Waals surface area contributed by atoms with E-state index in [2.05, 4.69) is 169 Å². The number of nitrogens with zero attached hydrogens (tertiary/aromatic N) is 1. The summed E-state index contributed by atoms with van der Waals surface area (Å²) in [5, 5.41) is 4.93. The van der Waals surface area contributed by atoms with Gasteiger partial charge in [-0.05, 0) is 63.4 Å². The van der Waals surface area contributed by atoms with E-state index in [1.165, 1.54) is 49.5 Å². The number of rotatable bonds is 5. The van der Waals surface area contributed by atoms with Crippen LogP contribution in [0.2, 0.25) is 0 Å². The molecule has 0 N–H and O–H groups in total. The third-order valence-electron chi connectivity index (χ3n) is 7.43. The van der Waals surface area contributed by atoms with Crippen LogP contribution in [0.5, 0.6) is 0 Å². The number of hydrogen-bond donors (Lipinski definition) is 0. The fourth-order valence-corrected chi connectivity index (χ4v) is 5.50. The van der Waals surface area contributed by atoms with Gasteiger partial charge >= 0.3 is 0 Å². The van der Waals surface area contributed by atoms with E-state index in [0.29, 0.717) is 0 Å². The Balaban J connectivity index is 1.44. The van der Waals surface area contributed by atoms with E-state index in [-0.39, 0.29) is 0 Å². The van der Waals surface area contributed by atoms with Gasteiger partial charge in [0.05, 0.1) is 5.69 Å². The van der Waals surface area contributed by atoms with E-state index >= 15 is 0 Å². The lowest BCUT2D eigenvalue weighted by molar-refractivity contribution is 1.31. The van der Waals surface area contributed by atoms with Crippen LogP contribution in [0.25, 0.3) is 43.8 Å². The van der Waals surface area contributed by atoms with E-state index in [1.54, 1.807) is 0 Å². The van der Waals surface area contributed by atoms with Gasteiger partial charge in [-0.3, -0.25) is 0 Å². The van der Waals surface area contributed by atoms with Crippen molar-refractivity contribution >= 4 is 38.6 Å². The molecule has 0 aliphatic heterocycles. The molecule has 1 heteroatoms. The molecule has 0 heterocycles. The van der Waals surface area contributed by atoms with Crippen molar-refractivity contribution < 1.29 is 0 Å². The molecule has 184 valence electrons. The first kappa shape index (κ1) is 23.0. The summed E-state index contributed by atoms with van der Waals surface area (Å²) in [5.74, 6) is 0. The van der Waals surface area contributed by atoms with Crippen molar-refractivity contribution in [2.75, 3.05) is 4.90 Å². The summed E-state index contributed by atoms with van der Waals surface area (Å²) in [4.78, 5) is 2.41. The highest BCUT2D eigenvalue weighted by Crippen LogP contribution is 2.44. The Hall–Kier alpha value is -5.14. The zero-order valence-corrected chi connectivity index (χ0v) is 21.5. The Morgan fingerprint density at radius 1 is 0.308 bits per heavy atom. The van der Waals surface area contributed by atoms with Gasteiger partial charge in [-0.25, -0.2) is 0 Å². The average Bonchev–Trinajstić information content (AvgIpc) is 3.02. The number of fused-ring (bicyclic) bond motifs is 2. The quantitative estimate of drug-likeness (QED) is 0.214. The standard InChI is InChI=1S/C38H27N/c1-3-11-28(12-4-1)30-19-23-34(24-20-30)39(35-25-21-31(22-26-35)29-13-5-2-6-14-29)38-36-17-9-7-15-32(36)27-33-16-8-10-18-37(33)38/h1-27H. The Morgan fingerprint density at radius 2 is 0.667 bits per heavy atom. The van der Waals surface area contributed by atoms with Gasteiger partial charge in [0.1, 0.15) is 0 Å². The lowest BCUT2D eigenvalue weighted by Gasteiger charge is -2.29. The highest BCUT2D eigenvalue weighted by atomic mass is 15.1. The van der Waals surface area contributed by atoms with Crippen molar-refractivity contribution in [1.82, 2.24) is 0 Å². The lowest BCUT2D eigenvalue weighted by Crippen LogP contribution is -2.11. The minimum absolute atomic E-state index is 1.13. The monoisotopic (exact) mass is 497 g/mol. The predicted octanol–water partition coefficient (Wildman–Crippen LogP) is 10.8. The van der Waals surface area contributed by atoms with Gasteiger partial charge in [0.2, 0.25) is 0 Å². The molecule has 1 nitrogen and oxygen atoms in total. The molecule has 0 spiro atoms. The van der Waals surface area contributed by atoms with Gasteiger partial charge in [-0.15, -0.1) is 0 Å². The van der Waals surface area contributed by atoms with Crippen molar-refractivity contribution in [2.45, 2.75) is 0 Å². The normalized spacial score (nSPS) is 11.1. The molecule has 0 unspecified atom stereocenters. The summed E-state index contributed by atoms with van der Waals surface area (Å²) in [6, 6.07) is 58.7. The third kappa shape index (κ3) is 4.35. The van der Waals surface area contributed by atoms with Crippen LogP contribution >= 0.6 is 0 Å². The Kier molecular flexibility index (Phi) is 5.88. The maximum Gasteiger partial charge on any atom is 0.0618 e. The minimum atomic E-state index is 1.13. The SMILES string of the molecule is c1ccc(-c2ccc(N(c3ccc(-c4ccccc4)cc3)c3c4ccccc4cc4ccccc34)cc2)cc1. The van der Waals surface area contributed by atoms with Crippen molar-refractivity contribution in [3.05, 3.63) is 164 Å². The molecule has 0 aliphatic carbocycles. The van der Waals surface area contributed by atoms with Gasteiger partial charge in [-0.1, -0.05) is 133 Å². The zero-order chi connectivity index (χ0) is 26.0. The largest absolute Gasteiger partial charge is 0.309 e. The topological polar surface area (TPSA) is 3.24 Å². The first-order valence-electron chi connectivity index (χ1n) is 13.4. The molecule has 0 radical (unpaired) electrons. The maximum atomic E-state index is 2.41. The van der Waals surface area contributed by atoms with Crippen LogP contribution in [-0.4, -0.2) is 0 Å². The smallest absolute Gasteiger partial charge is 0.0618 e. The van der Waals surface area contributed by atoms with Crippen LogP contribution < -0.4 is 4.90 Å². The van der Waals surface area contributed by atoms with Crippen LogP contribution in [0.1, 0.15) is 0 Å². The molecule has 7 aromatic carbocycles. The van der Waals surface area contributed by atoms with E-state index in [0.717, 1.165) is 11.4 Å². The molecule has 0 aliphatic rings. The maximum absolute atomic E-state index is 2.41. The molecule has 0 fully saturated rings. The van der Waals surface area contributed by atoms with E-state index in [1.807, 2.05) is 0 Å². The fraction of sp³-hybridized carbons (Fsp3) is 0. The van der Waals surface area contributed by atoms with E-state index in [4.69, 9.17) is 0 Å². The van der Waals surface area contributed by atoms with Crippen molar-refractivity contribution in [2.24, 2.45) is 0 Å². The highest BCUT2D eigenvalue weighted by molar-refractivity contribution is 6.14. The molecule has 0 bridgehead atoms. The molecule has 0 aromatic heterocycles. The molecule has 0 saturated carbocycles. The lowest BCUT2D eigenvalue weighted by atomic mass is 9.98. The molecule has 0 amide bonds. The van der Waals surface area contributed by atoms with Crippen LogP contribution in [0.4, 0.5) is 17.1 Å². The van der Waals surface area contributed by atoms with Crippen molar-refractivity contribution in [1.29, 1.82) is 0 Å². The Labute approximate surface area is 229 Å². The van der Waals surface area contributed by atoms with Gasteiger partial charge in [0, 0.05) is 22.1 Å². The molecular formula is C38H27N. The second kappa shape index (κ2) is 9.96. The molecule has 7 aromatic rings. The van der Waals surface area contributed by atoms with Gasteiger partial charge < -0.3 is 4.90 Å².